The van der Waals surface area contributed by atoms with Crippen LogP contribution >= 0.6 is 0 Å². The van der Waals surface area contributed by atoms with E-state index >= 15 is 0 Å². The van der Waals surface area contributed by atoms with E-state index in [0.717, 1.165) is 5.56 Å². The second-order valence-corrected chi connectivity index (χ2v) is 6.73. The Morgan fingerprint density at radius 1 is 1.00 bits per heavy atom. The van der Waals surface area contributed by atoms with Gasteiger partial charge in [-0.15, -0.1) is 0 Å². The maximum atomic E-state index is 12.4. The third-order valence-electron chi connectivity index (χ3n) is 4.07. The molecule has 0 aliphatic rings. The summed E-state index contributed by atoms with van der Waals surface area (Å²) in [5.41, 5.74) is 1.65. The van der Waals surface area contributed by atoms with Crippen molar-refractivity contribution in [2.45, 2.75) is 20.3 Å². The van der Waals surface area contributed by atoms with Gasteiger partial charge in [-0.1, -0.05) is 19.9 Å². The molecule has 0 radical (unpaired) electrons. The van der Waals surface area contributed by atoms with E-state index in [1.165, 1.54) is 12.3 Å². The maximum Gasteiger partial charge on any atom is 0.269 e. The van der Waals surface area contributed by atoms with Crippen molar-refractivity contribution in [3.8, 4) is 11.5 Å². The third-order valence-corrected chi connectivity index (χ3v) is 4.07. The highest BCUT2D eigenvalue weighted by atomic mass is 16.5. The molecule has 0 aliphatic carbocycles. The van der Waals surface area contributed by atoms with Gasteiger partial charge in [0.1, 0.15) is 5.69 Å². The lowest BCUT2D eigenvalue weighted by Crippen LogP contribution is -2.29. The average Bonchev–Trinajstić information content (AvgIpc) is 2.71. The Balaban J connectivity index is 1.93. The topological polar surface area (TPSA) is 89.5 Å². The highest BCUT2D eigenvalue weighted by Gasteiger charge is 2.12. The van der Waals surface area contributed by atoms with Crippen molar-refractivity contribution in [3.05, 3.63) is 53.3 Å². The minimum atomic E-state index is -0.284. The van der Waals surface area contributed by atoms with Crippen LogP contribution in [0.5, 0.6) is 11.5 Å². The van der Waals surface area contributed by atoms with Gasteiger partial charge in [0, 0.05) is 24.8 Å². The van der Waals surface area contributed by atoms with Crippen LogP contribution in [0.1, 0.15) is 40.3 Å². The summed E-state index contributed by atoms with van der Waals surface area (Å²) in [6.07, 6.45) is 2.10. The number of nitrogens with zero attached hydrogens (tertiary/aromatic N) is 1. The monoisotopic (exact) mass is 385 g/mol. The predicted octanol–water partition coefficient (Wildman–Crippen LogP) is 2.46. The first-order chi connectivity index (χ1) is 13.4. The molecule has 7 nitrogen and oxygen atoms in total. The molecule has 0 unspecified atom stereocenters. The molecule has 2 aromatic rings. The Morgan fingerprint density at radius 2 is 1.75 bits per heavy atom. The standard InChI is InChI=1S/C21H27N3O4/c1-14(2)13-24-21(26)17-12-16(8-10-22-17)20(25)23-9-7-15-5-6-18(27-3)19(11-15)28-4/h5-6,8,10-12,14H,7,9,13H2,1-4H3,(H,23,25)(H,24,26). The smallest absolute Gasteiger partial charge is 0.269 e. The number of hydrogen-bond donors (Lipinski definition) is 2. The molecule has 0 bridgehead atoms. The zero-order chi connectivity index (χ0) is 20.5. The Bertz CT molecular complexity index is 821. The molecule has 2 N–H and O–H groups in total. The Labute approximate surface area is 165 Å². The fraction of sp³-hybridized carbons (Fsp3) is 0.381. The highest BCUT2D eigenvalue weighted by molar-refractivity contribution is 5.98. The number of ether oxygens (including phenoxy) is 2. The first-order valence-corrected chi connectivity index (χ1v) is 9.18. The van der Waals surface area contributed by atoms with Crippen LogP contribution in [0.2, 0.25) is 0 Å². The van der Waals surface area contributed by atoms with Crippen LogP contribution in [0.4, 0.5) is 0 Å². The molecular weight excluding hydrogens is 358 g/mol. The van der Waals surface area contributed by atoms with Gasteiger partial charge in [0.2, 0.25) is 0 Å². The second kappa shape index (κ2) is 10.3. The van der Waals surface area contributed by atoms with E-state index in [1.807, 2.05) is 32.0 Å². The molecule has 7 heteroatoms. The normalized spacial score (nSPS) is 10.5. The van der Waals surface area contributed by atoms with Gasteiger partial charge in [-0.2, -0.15) is 0 Å². The number of pyridine rings is 1. The zero-order valence-corrected chi connectivity index (χ0v) is 16.7. The van der Waals surface area contributed by atoms with Crippen LogP contribution in [-0.4, -0.2) is 44.1 Å². The van der Waals surface area contributed by atoms with Crippen LogP contribution in [0.25, 0.3) is 0 Å². The number of amides is 2. The largest absolute Gasteiger partial charge is 0.493 e. The van der Waals surface area contributed by atoms with Crippen molar-refractivity contribution in [2.24, 2.45) is 5.92 Å². The van der Waals surface area contributed by atoms with Gasteiger partial charge in [-0.05, 0) is 42.2 Å². The number of benzene rings is 1. The summed E-state index contributed by atoms with van der Waals surface area (Å²) in [6.45, 7) is 5.03. The number of aromatic nitrogens is 1. The number of nitrogens with one attached hydrogen (secondary N) is 2. The zero-order valence-electron chi connectivity index (χ0n) is 16.7. The Kier molecular flexibility index (Phi) is 7.80. The third kappa shape index (κ3) is 5.97. The lowest BCUT2D eigenvalue weighted by atomic mass is 10.1. The van der Waals surface area contributed by atoms with Gasteiger partial charge in [0.25, 0.3) is 11.8 Å². The lowest BCUT2D eigenvalue weighted by molar-refractivity contribution is 0.0944. The van der Waals surface area contributed by atoms with Crippen LogP contribution in [0.3, 0.4) is 0 Å². The Morgan fingerprint density at radius 3 is 2.43 bits per heavy atom. The molecule has 0 saturated carbocycles. The number of carbonyl (C=O) groups excluding carboxylic acids is 2. The minimum absolute atomic E-state index is 0.230. The molecular formula is C21H27N3O4. The SMILES string of the molecule is COc1ccc(CCNC(=O)c2ccnc(C(=O)NCC(C)C)c2)cc1OC. The van der Waals surface area contributed by atoms with E-state index in [9.17, 15) is 9.59 Å². The summed E-state index contributed by atoms with van der Waals surface area (Å²) in [6, 6.07) is 8.74. The summed E-state index contributed by atoms with van der Waals surface area (Å²) in [5, 5.41) is 5.65. The number of methoxy groups -OCH3 is 2. The van der Waals surface area contributed by atoms with E-state index in [2.05, 4.69) is 15.6 Å². The summed E-state index contributed by atoms with van der Waals surface area (Å²) in [4.78, 5) is 28.5. The fourth-order valence-electron chi connectivity index (χ4n) is 2.54. The van der Waals surface area contributed by atoms with Crippen LogP contribution < -0.4 is 20.1 Å². The van der Waals surface area contributed by atoms with Crippen molar-refractivity contribution in [2.75, 3.05) is 27.3 Å². The molecule has 2 amide bonds. The van der Waals surface area contributed by atoms with E-state index in [4.69, 9.17) is 9.47 Å². The average molecular weight is 385 g/mol. The molecule has 1 aromatic carbocycles. The number of rotatable bonds is 9. The van der Waals surface area contributed by atoms with E-state index < -0.39 is 0 Å². The van der Waals surface area contributed by atoms with Crippen LogP contribution in [-0.2, 0) is 6.42 Å². The van der Waals surface area contributed by atoms with Gasteiger partial charge in [-0.3, -0.25) is 14.6 Å². The quantitative estimate of drug-likeness (QED) is 0.692. The number of carbonyl (C=O) groups is 2. The molecule has 0 atom stereocenters. The van der Waals surface area contributed by atoms with Crippen molar-refractivity contribution < 1.29 is 19.1 Å². The van der Waals surface area contributed by atoms with Crippen molar-refractivity contribution in [3.63, 3.8) is 0 Å². The van der Waals surface area contributed by atoms with Gasteiger partial charge in [0.15, 0.2) is 11.5 Å². The molecule has 2 rings (SSSR count). The van der Waals surface area contributed by atoms with Gasteiger partial charge < -0.3 is 20.1 Å². The van der Waals surface area contributed by atoms with E-state index in [-0.39, 0.29) is 17.5 Å². The summed E-state index contributed by atoms with van der Waals surface area (Å²) < 4.78 is 10.5. The van der Waals surface area contributed by atoms with Gasteiger partial charge in [-0.25, -0.2) is 0 Å². The molecule has 1 heterocycles. The molecule has 1 aromatic heterocycles. The summed E-state index contributed by atoms with van der Waals surface area (Å²) in [5.74, 6) is 1.12. The maximum absolute atomic E-state index is 12.4. The van der Waals surface area contributed by atoms with E-state index in [0.29, 0.717) is 42.5 Å². The first-order valence-electron chi connectivity index (χ1n) is 9.18. The van der Waals surface area contributed by atoms with E-state index in [1.54, 1.807) is 20.3 Å². The predicted molar refractivity (Wildman–Crippen MR) is 107 cm³/mol. The molecule has 0 fully saturated rings. The van der Waals surface area contributed by atoms with Gasteiger partial charge in [0.05, 0.1) is 14.2 Å². The molecule has 150 valence electrons. The van der Waals surface area contributed by atoms with Gasteiger partial charge >= 0.3 is 0 Å². The second-order valence-electron chi connectivity index (χ2n) is 6.73. The van der Waals surface area contributed by atoms with Crippen molar-refractivity contribution in [1.82, 2.24) is 15.6 Å². The Hall–Kier alpha value is -3.09. The number of hydrogen-bond acceptors (Lipinski definition) is 5. The summed E-state index contributed by atoms with van der Waals surface area (Å²) >= 11 is 0. The molecule has 28 heavy (non-hydrogen) atoms. The molecule has 0 spiro atoms. The lowest BCUT2D eigenvalue weighted by Gasteiger charge is -2.10. The first kappa shape index (κ1) is 21.2. The molecule has 0 aliphatic heterocycles. The fourth-order valence-corrected chi connectivity index (χ4v) is 2.54. The van der Waals surface area contributed by atoms with Crippen LogP contribution in [0, 0.1) is 5.92 Å². The minimum Gasteiger partial charge on any atom is -0.493 e. The van der Waals surface area contributed by atoms with Crippen molar-refractivity contribution >= 4 is 11.8 Å². The van der Waals surface area contributed by atoms with Crippen molar-refractivity contribution in [1.29, 1.82) is 0 Å². The van der Waals surface area contributed by atoms with Crippen LogP contribution in [0.15, 0.2) is 36.5 Å². The molecule has 0 saturated heterocycles. The summed E-state index contributed by atoms with van der Waals surface area (Å²) in [7, 11) is 3.17. The highest BCUT2D eigenvalue weighted by Crippen LogP contribution is 2.27.